The molecule has 0 aliphatic carbocycles. The maximum Gasteiger partial charge on any atom is 0.305 e. The molecular formula is C33H48N4O5S3. The van der Waals surface area contributed by atoms with Gasteiger partial charge in [0.15, 0.2) is 0 Å². The maximum atomic E-state index is 13.1. The summed E-state index contributed by atoms with van der Waals surface area (Å²) in [6.07, 6.45) is 8.94. The molecule has 1 aromatic carbocycles. The molecule has 45 heavy (non-hydrogen) atoms. The maximum absolute atomic E-state index is 13.1. The second-order valence-corrected chi connectivity index (χ2v) is 15.9. The number of hydrogen-bond donors (Lipinski definition) is 3. The van der Waals surface area contributed by atoms with Crippen molar-refractivity contribution in [3.63, 3.8) is 0 Å². The van der Waals surface area contributed by atoms with Gasteiger partial charge in [-0.1, -0.05) is 44.1 Å². The predicted octanol–water partition coefficient (Wildman–Crippen LogP) is 6.38. The third kappa shape index (κ3) is 9.10. The third-order valence-electron chi connectivity index (χ3n) is 9.01. The number of thiazole rings is 2. The van der Waals surface area contributed by atoms with Gasteiger partial charge in [-0.2, -0.15) is 11.8 Å². The molecule has 0 bridgehead atoms. The number of thioether (sulfide) groups is 1. The quantitative estimate of drug-likeness (QED) is 0.159. The van der Waals surface area contributed by atoms with Gasteiger partial charge in [0.1, 0.15) is 17.0 Å². The van der Waals surface area contributed by atoms with E-state index in [1.54, 1.807) is 17.4 Å². The Bertz CT molecular complexity index is 1450. The predicted molar refractivity (Wildman–Crippen MR) is 185 cm³/mol. The van der Waals surface area contributed by atoms with Gasteiger partial charge in [0.2, 0.25) is 0 Å². The minimum Gasteiger partial charge on any atom is -0.506 e. The molecule has 0 radical (unpaired) electrons. The number of ether oxygens (including phenoxy) is 1. The zero-order valence-electron chi connectivity index (χ0n) is 26.6. The number of rotatable bonds is 15. The van der Waals surface area contributed by atoms with E-state index in [0.717, 1.165) is 73.0 Å². The number of aromatic hydroxyl groups is 1. The number of aromatic amines is 1. The lowest BCUT2D eigenvalue weighted by Crippen LogP contribution is -2.58. The number of aliphatic hydroxyl groups excluding tert-OH is 1. The van der Waals surface area contributed by atoms with Crippen LogP contribution < -0.4 is 4.87 Å². The summed E-state index contributed by atoms with van der Waals surface area (Å²) in [6, 6.07) is 3.26. The zero-order valence-corrected chi connectivity index (χ0v) is 29.0. The van der Waals surface area contributed by atoms with Crippen molar-refractivity contribution in [2.75, 3.05) is 50.8 Å². The standard InChI is InChI=1S/C33H48N4O5S3/c1-23(2)30-34-25(21-44-30)31(40)37-17-18-42-33(22-37)12-15-36(16-13-33)14-6-3-4-7-19-43-20-8-5-9-26(38)24-10-11-27(39)28-29(24)45-32(41)35-28/h10-11,21,23,26,38-39H,3-9,12-20,22H2,1-2H3,(H,35,41)/t26-/m0/s1. The van der Waals surface area contributed by atoms with Crippen LogP contribution >= 0.6 is 34.4 Å². The molecule has 2 aliphatic rings. The number of benzene rings is 1. The molecule has 1 spiro atoms. The summed E-state index contributed by atoms with van der Waals surface area (Å²) in [5.74, 6) is 2.70. The van der Waals surface area contributed by atoms with Gasteiger partial charge in [-0.3, -0.25) is 9.59 Å². The minimum atomic E-state index is -0.628. The fraction of sp³-hybridized carbons (Fsp3) is 0.667. The van der Waals surface area contributed by atoms with Crippen molar-refractivity contribution in [1.29, 1.82) is 0 Å². The number of morpholine rings is 1. The van der Waals surface area contributed by atoms with Crippen molar-refractivity contribution in [3.8, 4) is 5.75 Å². The van der Waals surface area contributed by atoms with Gasteiger partial charge in [0, 0.05) is 36.5 Å². The third-order valence-corrected chi connectivity index (χ3v) is 12.2. The summed E-state index contributed by atoms with van der Waals surface area (Å²) in [5.41, 5.74) is 1.51. The Morgan fingerprint density at radius 3 is 2.62 bits per heavy atom. The number of piperidine rings is 1. The van der Waals surface area contributed by atoms with Crippen molar-refractivity contribution >= 4 is 50.6 Å². The van der Waals surface area contributed by atoms with E-state index in [9.17, 15) is 19.8 Å². The monoisotopic (exact) mass is 676 g/mol. The molecule has 2 aliphatic heterocycles. The van der Waals surface area contributed by atoms with E-state index in [4.69, 9.17) is 4.74 Å². The fourth-order valence-corrected chi connectivity index (χ4v) is 9.06. The summed E-state index contributed by atoms with van der Waals surface area (Å²) in [7, 11) is 0. The molecule has 1 amide bonds. The van der Waals surface area contributed by atoms with Crippen molar-refractivity contribution in [2.24, 2.45) is 0 Å². The lowest BCUT2D eigenvalue weighted by Gasteiger charge is -2.47. The number of unbranched alkanes of at least 4 members (excludes halogenated alkanes) is 4. The number of likely N-dealkylation sites (tertiary alicyclic amines) is 1. The normalized spacial score (nSPS) is 17.9. The molecule has 248 valence electrons. The van der Waals surface area contributed by atoms with Gasteiger partial charge in [-0.05, 0) is 69.1 Å². The number of nitrogens with one attached hydrogen (secondary N) is 1. The largest absolute Gasteiger partial charge is 0.506 e. The highest BCUT2D eigenvalue weighted by Gasteiger charge is 2.41. The van der Waals surface area contributed by atoms with Gasteiger partial charge in [0.05, 0.1) is 34.6 Å². The van der Waals surface area contributed by atoms with Crippen LogP contribution in [0.3, 0.4) is 0 Å². The Kier molecular flexibility index (Phi) is 12.4. The number of carbonyl (C=O) groups is 1. The van der Waals surface area contributed by atoms with Crippen LogP contribution in [0.5, 0.6) is 5.75 Å². The highest BCUT2D eigenvalue weighted by molar-refractivity contribution is 7.99. The van der Waals surface area contributed by atoms with E-state index < -0.39 is 6.10 Å². The Morgan fingerprint density at radius 1 is 1.11 bits per heavy atom. The number of amides is 1. The first kappa shape index (κ1) is 34.4. The molecule has 0 unspecified atom stereocenters. The summed E-state index contributed by atoms with van der Waals surface area (Å²) in [6.45, 7) is 9.34. The van der Waals surface area contributed by atoms with E-state index in [-0.39, 0.29) is 22.1 Å². The number of aromatic nitrogens is 2. The molecule has 3 N–H and O–H groups in total. The van der Waals surface area contributed by atoms with E-state index in [2.05, 4.69) is 28.7 Å². The summed E-state index contributed by atoms with van der Waals surface area (Å²) >= 11 is 4.61. The Morgan fingerprint density at radius 2 is 1.87 bits per heavy atom. The molecule has 5 rings (SSSR count). The van der Waals surface area contributed by atoms with Crippen LogP contribution in [0.25, 0.3) is 10.2 Å². The van der Waals surface area contributed by atoms with Crippen molar-refractivity contribution in [2.45, 2.75) is 89.3 Å². The van der Waals surface area contributed by atoms with Gasteiger partial charge in [-0.25, -0.2) is 4.98 Å². The molecule has 9 nitrogen and oxygen atoms in total. The second-order valence-electron chi connectivity index (χ2n) is 12.8. The summed E-state index contributed by atoms with van der Waals surface area (Å²) < 4.78 is 6.95. The SMILES string of the molecule is CC(C)c1nc(C(=O)N2CCOC3(CCN(CCCCCCSCCCC[C@H](O)c4ccc(O)c5[nH]c(=O)sc45)CC3)C2)cs1. The van der Waals surface area contributed by atoms with E-state index in [1.165, 1.54) is 37.5 Å². The first-order valence-electron chi connectivity index (χ1n) is 16.5. The second kappa shape index (κ2) is 16.2. The smallest absolute Gasteiger partial charge is 0.305 e. The first-order chi connectivity index (χ1) is 21.7. The molecule has 2 aromatic heterocycles. The molecule has 2 fully saturated rings. The van der Waals surface area contributed by atoms with Gasteiger partial charge >= 0.3 is 4.87 Å². The van der Waals surface area contributed by atoms with E-state index >= 15 is 0 Å². The number of nitrogens with zero attached hydrogens (tertiary/aromatic N) is 3. The Hall–Kier alpha value is -1.96. The lowest BCUT2D eigenvalue weighted by atomic mass is 9.89. The van der Waals surface area contributed by atoms with Gasteiger partial charge in [-0.15, -0.1) is 11.3 Å². The first-order valence-corrected chi connectivity index (χ1v) is 19.3. The van der Waals surface area contributed by atoms with Crippen molar-refractivity contribution in [1.82, 2.24) is 19.8 Å². The minimum absolute atomic E-state index is 0.0418. The number of hydrogen-bond acceptors (Lipinski definition) is 10. The van der Waals surface area contributed by atoms with Crippen LogP contribution in [-0.2, 0) is 4.74 Å². The van der Waals surface area contributed by atoms with Gasteiger partial charge < -0.3 is 29.7 Å². The molecule has 4 heterocycles. The Labute approximate surface area is 278 Å². The van der Waals surface area contributed by atoms with Crippen LogP contribution in [0.15, 0.2) is 22.3 Å². The molecule has 3 aromatic rings. The molecule has 0 saturated carbocycles. The average Bonchev–Trinajstić information content (AvgIpc) is 3.68. The molecule has 1 atom stereocenters. The number of phenolic OH excluding ortho intramolecular Hbond substituents is 1. The number of H-pyrrole nitrogens is 1. The van der Waals surface area contributed by atoms with Crippen LogP contribution in [0.4, 0.5) is 0 Å². The number of carbonyl (C=O) groups excluding carboxylic acids is 1. The lowest BCUT2D eigenvalue weighted by molar-refractivity contribution is -0.127. The number of phenols is 1. The van der Waals surface area contributed by atoms with Crippen LogP contribution in [0, 0.1) is 0 Å². The Balaban J connectivity index is 0.891. The van der Waals surface area contributed by atoms with Crippen LogP contribution in [0.1, 0.15) is 105 Å². The van der Waals surface area contributed by atoms with Crippen LogP contribution in [0.2, 0.25) is 0 Å². The van der Waals surface area contributed by atoms with Crippen LogP contribution in [-0.4, -0.2) is 92.3 Å². The topological polar surface area (TPSA) is 119 Å². The molecule has 2 saturated heterocycles. The highest BCUT2D eigenvalue weighted by Crippen LogP contribution is 2.34. The number of fused-ring (bicyclic) bond motifs is 1. The fourth-order valence-electron chi connectivity index (χ4n) is 6.31. The summed E-state index contributed by atoms with van der Waals surface area (Å²) in [5, 5.41) is 23.5. The highest BCUT2D eigenvalue weighted by atomic mass is 32.2. The van der Waals surface area contributed by atoms with Crippen molar-refractivity contribution in [3.05, 3.63) is 43.4 Å². The average molecular weight is 677 g/mol. The molecule has 12 heteroatoms. The van der Waals surface area contributed by atoms with Gasteiger partial charge in [0.25, 0.3) is 5.91 Å². The van der Waals surface area contributed by atoms with Crippen molar-refractivity contribution < 1.29 is 19.7 Å². The summed E-state index contributed by atoms with van der Waals surface area (Å²) in [4.78, 5) is 36.4. The zero-order chi connectivity index (χ0) is 31.8. The number of aliphatic hydroxyl groups is 1. The molecular weight excluding hydrogens is 629 g/mol. The van der Waals surface area contributed by atoms with E-state index in [1.807, 2.05) is 22.0 Å². The van der Waals surface area contributed by atoms with E-state index in [0.29, 0.717) is 47.9 Å².